The maximum Gasteiger partial charge on any atom is 0.174 e. The van der Waals surface area contributed by atoms with Crippen LogP contribution in [-0.4, -0.2) is 4.98 Å². The van der Waals surface area contributed by atoms with Crippen LogP contribution in [0, 0.1) is 5.21 Å². The number of para-hydroxylation sites is 1. The molecule has 0 unspecified atom stereocenters. The summed E-state index contributed by atoms with van der Waals surface area (Å²) in [6.07, 6.45) is 0. The van der Waals surface area contributed by atoms with Crippen LogP contribution < -0.4 is 0 Å². The molecule has 4 nitrogen and oxygen atoms in total. The molecule has 2 rings (SSSR count). The fourth-order valence-electron chi connectivity index (χ4n) is 1.15. The van der Waals surface area contributed by atoms with E-state index >= 15 is 0 Å². The largest absolute Gasteiger partial charge is 0.775 e. The van der Waals surface area contributed by atoms with Gasteiger partial charge < -0.3 is 5.21 Å². The molecule has 0 spiro atoms. The van der Waals surface area contributed by atoms with Crippen molar-refractivity contribution in [3.05, 3.63) is 41.6 Å². The number of hydrogen-bond acceptors (Lipinski definition) is 4. The summed E-state index contributed by atoms with van der Waals surface area (Å²) in [6.45, 7) is 0. The van der Waals surface area contributed by atoms with Crippen molar-refractivity contribution in [1.29, 1.82) is 0 Å². The average Bonchev–Trinajstić information content (AvgIpc) is 2.18. The van der Waals surface area contributed by atoms with E-state index < -0.39 is 0 Å². The Labute approximate surface area is 74.5 Å². The van der Waals surface area contributed by atoms with E-state index in [2.05, 4.69) is 15.4 Å². The number of nitrogens with zero attached hydrogens (tertiary/aromatic N) is 3. The molecule has 0 aliphatic carbocycles. The van der Waals surface area contributed by atoms with E-state index in [1.807, 2.05) is 30.3 Å². The van der Waals surface area contributed by atoms with Gasteiger partial charge in [0.25, 0.3) is 0 Å². The molecular formula is C9H6N3O-. The van der Waals surface area contributed by atoms with Crippen LogP contribution in [0.5, 0.6) is 0 Å². The molecule has 0 saturated carbocycles. The van der Waals surface area contributed by atoms with E-state index in [9.17, 15) is 5.21 Å². The second-order valence-electron chi connectivity index (χ2n) is 2.54. The van der Waals surface area contributed by atoms with Crippen LogP contribution in [0.1, 0.15) is 0 Å². The highest BCUT2D eigenvalue weighted by atomic mass is 16.5. The van der Waals surface area contributed by atoms with Gasteiger partial charge in [0, 0.05) is 5.39 Å². The maximum absolute atomic E-state index is 9.85. The smallest absolute Gasteiger partial charge is 0.174 e. The zero-order valence-electron chi connectivity index (χ0n) is 6.71. The van der Waals surface area contributed by atoms with Crippen LogP contribution in [-0.2, 0) is 0 Å². The highest BCUT2D eigenvalue weighted by Gasteiger charge is 1.94. The fourth-order valence-corrected chi connectivity index (χ4v) is 1.15. The van der Waals surface area contributed by atoms with Gasteiger partial charge >= 0.3 is 0 Å². The third-order valence-electron chi connectivity index (χ3n) is 1.73. The molecule has 0 saturated heterocycles. The Morgan fingerprint density at radius 1 is 1.08 bits per heavy atom. The summed E-state index contributed by atoms with van der Waals surface area (Å²) in [7, 11) is 0. The lowest BCUT2D eigenvalue weighted by atomic mass is 10.2. The van der Waals surface area contributed by atoms with E-state index in [-0.39, 0.29) is 0 Å². The van der Waals surface area contributed by atoms with Crippen LogP contribution in [0.4, 0.5) is 5.82 Å². The normalized spacial score (nSPS) is 11.1. The van der Waals surface area contributed by atoms with Crippen molar-refractivity contribution in [2.24, 2.45) is 10.4 Å². The molecule has 0 bridgehead atoms. The standard InChI is InChI=1S/C9H7N3O/c13-12-11-9-6-5-7-3-1-2-4-8(7)10-9/h1-6H,(H,10,11,13)/p-1. The van der Waals surface area contributed by atoms with Crippen LogP contribution in [0.15, 0.2) is 46.8 Å². The van der Waals surface area contributed by atoms with Crippen molar-refractivity contribution in [2.45, 2.75) is 0 Å². The third-order valence-corrected chi connectivity index (χ3v) is 1.73. The second kappa shape index (κ2) is 3.18. The molecule has 0 fully saturated rings. The van der Waals surface area contributed by atoms with Crippen molar-refractivity contribution in [3.8, 4) is 0 Å². The Kier molecular flexibility index (Phi) is 1.88. The van der Waals surface area contributed by atoms with Gasteiger partial charge in [-0.05, 0) is 18.2 Å². The Morgan fingerprint density at radius 3 is 2.77 bits per heavy atom. The molecule has 1 aromatic carbocycles. The number of hydrogen-bond donors (Lipinski definition) is 0. The number of benzene rings is 1. The predicted octanol–water partition coefficient (Wildman–Crippen LogP) is 2.82. The van der Waals surface area contributed by atoms with Gasteiger partial charge in [-0.2, -0.15) is 0 Å². The topological polar surface area (TPSA) is 60.7 Å². The minimum absolute atomic E-state index is 0.341. The molecule has 1 heterocycles. The van der Waals surface area contributed by atoms with Crippen molar-refractivity contribution >= 4 is 16.7 Å². The molecular weight excluding hydrogens is 166 g/mol. The zero-order chi connectivity index (χ0) is 9.10. The Bertz CT molecular complexity index is 453. The first-order valence-corrected chi connectivity index (χ1v) is 3.79. The van der Waals surface area contributed by atoms with E-state index in [1.165, 1.54) is 0 Å². The lowest BCUT2D eigenvalue weighted by Crippen LogP contribution is -1.76. The lowest BCUT2D eigenvalue weighted by Gasteiger charge is -1.97. The molecule has 64 valence electrons. The maximum atomic E-state index is 9.85. The Hall–Kier alpha value is -1.97. The van der Waals surface area contributed by atoms with Gasteiger partial charge in [0.1, 0.15) is 0 Å². The second-order valence-corrected chi connectivity index (χ2v) is 2.54. The summed E-state index contributed by atoms with van der Waals surface area (Å²) in [5.41, 5.74) is 0.812. The van der Waals surface area contributed by atoms with Gasteiger partial charge in [-0.15, -0.1) is 5.11 Å². The van der Waals surface area contributed by atoms with Crippen LogP contribution in [0.3, 0.4) is 0 Å². The zero-order valence-corrected chi connectivity index (χ0v) is 6.71. The van der Waals surface area contributed by atoms with Gasteiger partial charge in [-0.1, -0.05) is 18.2 Å². The van der Waals surface area contributed by atoms with Gasteiger partial charge in [0.15, 0.2) is 5.82 Å². The molecule has 0 aliphatic rings. The molecule has 0 amide bonds. The van der Waals surface area contributed by atoms with Gasteiger partial charge in [0.05, 0.1) is 5.52 Å². The van der Waals surface area contributed by atoms with Gasteiger partial charge in [-0.25, -0.2) is 10.3 Å². The monoisotopic (exact) mass is 172 g/mol. The summed E-state index contributed by atoms with van der Waals surface area (Å²) in [5.74, 6) is 0.341. The number of rotatable bonds is 1. The quantitative estimate of drug-likeness (QED) is 0.490. The SMILES string of the molecule is [O-]N=Nc1ccc2ccccc2n1. The molecule has 0 N–H and O–H groups in total. The minimum Gasteiger partial charge on any atom is -0.775 e. The average molecular weight is 172 g/mol. The highest BCUT2D eigenvalue weighted by molar-refractivity contribution is 5.79. The molecule has 0 radical (unpaired) electrons. The van der Waals surface area contributed by atoms with Crippen molar-refractivity contribution in [1.82, 2.24) is 4.98 Å². The van der Waals surface area contributed by atoms with Gasteiger partial charge in [0.2, 0.25) is 0 Å². The van der Waals surface area contributed by atoms with Crippen molar-refractivity contribution < 1.29 is 0 Å². The molecule has 13 heavy (non-hydrogen) atoms. The third kappa shape index (κ3) is 1.46. The summed E-state index contributed by atoms with van der Waals surface area (Å²) in [4.78, 5) is 4.10. The van der Waals surface area contributed by atoms with Crippen molar-refractivity contribution in [3.63, 3.8) is 0 Å². The summed E-state index contributed by atoms with van der Waals surface area (Å²) in [5, 5.41) is 16.6. The first kappa shape index (κ1) is 7.67. The van der Waals surface area contributed by atoms with E-state index in [0.29, 0.717) is 5.82 Å². The molecule has 2 aromatic rings. The number of pyridine rings is 1. The summed E-state index contributed by atoms with van der Waals surface area (Å²) >= 11 is 0. The van der Waals surface area contributed by atoms with Crippen LogP contribution in [0.25, 0.3) is 10.9 Å². The van der Waals surface area contributed by atoms with E-state index in [0.717, 1.165) is 10.9 Å². The van der Waals surface area contributed by atoms with Crippen LogP contribution in [0.2, 0.25) is 0 Å². The van der Waals surface area contributed by atoms with Crippen LogP contribution >= 0.6 is 0 Å². The first-order chi connectivity index (χ1) is 6.40. The van der Waals surface area contributed by atoms with Crippen molar-refractivity contribution in [2.75, 3.05) is 0 Å². The lowest BCUT2D eigenvalue weighted by molar-refractivity contribution is 1.18. The summed E-state index contributed by atoms with van der Waals surface area (Å²) in [6, 6.07) is 11.1. The highest BCUT2D eigenvalue weighted by Crippen LogP contribution is 2.16. The van der Waals surface area contributed by atoms with Gasteiger partial charge in [-0.3, -0.25) is 0 Å². The first-order valence-electron chi connectivity index (χ1n) is 3.79. The molecule has 0 atom stereocenters. The summed E-state index contributed by atoms with van der Waals surface area (Å²) < 4.78 is 0. The minimum atomic E-state index is 0.341. The molecule has 0 aliphatic heterocycles. The fraction of sp³-hybridized carbons (Fsp3) is 0. The van der Waals surface area contributed by atoms with E-state index in [1.54, 1.807) is 6.07 Å². The number of aromatic nitrogens is 1. The van der Waals surface area contributed by atoms with E-state index in [4.69, 9.17) is 0 Å². The number of fused-ring (bicyclic) bond motifs is 1. The Balaban J connectivity index is 2.62. The Morgan fingerprint density at radius 2 is 1.92 bits per heavy atom. The molecule has 4 heteroatoms. The predicted molar refractivity (Wildman–Crippen MR) is 49.6 cm³/mol. The molecule has 1 aromatic heterocycles.